The number of piperazine rings is 1. The molecular weight excluding hydrogens is 288 g/mol. The van der Waals surface area contributed by atoms with Crippen LogP contribution in [0.2, 0.25) is 0 Å². The minimum atomic E-state index is -3.49. The third kappa shape index (κ3) is 3.00. The van der Waals surface area contributed by atoms with Gasteiger partial charge in [-0.25, -0.2) is 13.1 Å². The summed E-state index contributed by atoms with van der Waals surface area (Å²) >= 11 is 0. The van der Waals surface area contributed by atoms with Crippen LogP contribution in [0.15, 0.2) is 23.1 Å². The van der Waals surface area contributed by atoms with Gasteiger partial charge >= 0.3 is 0 Å². The van der Waals surface area contributed by atoms with E-state index in [1.807, 2.05) is 6.07 Å². The van der Waals surface area contributed by atoms with Crippen LogP contribution < -0.4 is 15.4 Å². The average molecular weight is 310 g/mol. The molecule has 116 valence electrons. The van der Waals surface area contributed by atoms with Crippen LogP contribution in [-0.4, -0.2) is 52.6 Å². The van der Waals surface area contributed by atoms with Gasteiger partial charge in [0.2, 0.25) is 10.0 Å². The molecule has 0 aromatic heterocycles. The van der Waals surface area contributed by atoms with E-state index in [0.717, 1.165) is 37.9 Å². The zero-order chi connectivity index (χ0) is 15.0. The fourth-order valence-corrected chi connectivity index (χ4v) is 3.71. The lowest BCUT2D eigenvalue weighted by Gasteiger charge is -2.36. The SMILES string of the molecule is CNS(=O)(=O)c1ccc(N2CCN(C3CC3)CC2)cc1N. The van der Waals surface area contributed by atoms with Crippen LogP contribution in [0.25, 0.3) is 0 Å². The summed E-state index contributed by atoms with van der Waals surface area (Å²) in [6.45, 7) is 4.07. The Labute approximate surface area is 126 Å². The number of rotatable bonds is 4. The van der Waals surface area contributed by atoms with Crippen LogP contribution in [0, 0.1) is 0 Å². The van der Waals surface area contributed by atoms with E-state index in [-0.39, 0.29) is 4.90 Å². The number of anilines is 2. The minimum Gasteiger partial charge on any atom is -0.398 e. The second-order valence-electron chi connectivity index (χ2n) is 5.68. The Morgan fingerprint density at radius 1 is 1.19 bits per heavy atom. The first-order valence-corrected chi connectivity index (χ1v) is 8.81. The molecule has 0 unspecified atom stereocenters. The molecule has 0 atom stereocenters. The summed E-state index contributed by atoms with van der Waals surface area (Å²) in [6, 6.07) is 5.99. The molecule has 2 aliphatic rings. The van der Waals surface area contributed by atoms with Crippen molar-refractivity contribution < 1.29 is 8.42 Å². The fraction of sp³-hybridized carbons (Fsp3) is 0.571. The van der Waals surface area contributed by atoms with Gasteiger partial charge in [-0.15, -0.1) is 0 Å². The summed E-state index contributed by atoms with van der Waals surface area (Å²) in [5.74, 6) is 0. The molecule has 1 aromatic rings. The lowest BCUT2D eigenvalue weighted by molar-refractivity contribution is 0.248. The first kappa shape index (κ1) is 14.6. The van der Waals surface area contributed by atoms with Crippen molar-refractivity contribution in [1.29, 1.82) is 0 Å². The lowest BCUT2D eigenvalue weighted by Crippen LogP contribution is -2.47. The number of nitrogens with two attached hydrogens (primary N) is 1. The van der Waals surface area contributed by atoms with E-state index in [4.69, 9.17) is 5.73 Å². The molecule has 1 aromatic carbocycles. The molecular formula is C14H22N4O2S. The first-order valence-electron chi connectivity index (χ1n) is 7.33. The highest BCUT2D eigenvalue weighted by molar-refractivity contribution is 7.89. The van der Waals surface area contributed by atoms with Crippen LogP contribution >= 0.6 is 0 Å². The predicted molar refractivity (Wildman–Crippen MR) is 83.9 cm³/mol. The standard InChI is InChI=1S/C14H22N4O2S/c1-16-21(19,20)14-5-4-12(10-13(14)15)18-8-6-17(7-9-18)11-2-3-11/h4-5,10-11,16H,2-3,6-9,15H2,1H3. The predicted octanol–water partition coefficient (Wildman–Crippen LogP) is 0.461. The Bertz CT molecular complexity index is 620. The highest BCUT2D eigenvalue weighted by Crippen LogP contribution is 2.30. The number of nitrogens with zero attached hydrogens (tertiary/aromatic N) is 2. The molecule has 0 amide bonds. The van der Waals surface area contributed by atoms with Gasteiger partial charge < -0.3 is 10.6 Å². The van der Waals surface area contributed by atoms with Gasteiger partial charge in [-0.2, -0.15) is 0 Å². The molecule has 1 saturated heterocycles. The molecule has 6 nitrogen and oxygen atoms in total. The third-order valence-corrected chi connectivity index (χ3v) is 5.78. The van der Waals surface area contributed by atoms with E-state index in [1.54, 1.807) is 12.1 Å². The van der Waals surface area contributed by atoms with E-state index in [0.29, 0.717) is 5.69 Å². The third-order valence-electron chi connectivity index (χ3n) is 4.29. The van der Waals surface area contributed by atoms with E-state index in [2.05, 4.69) is 14.5 Å². The normalized spacial score (nSPS) is 20.7. The van der Waals surface area contributed by atoms with Gasteiger partial charge in [0.1, 0.15) is 4.90 Å². The maximum absolute atomic E-state index is 11.8. The van der Waals surface area contributed by atoms with Gasteiger partial charge in [-0.1, -0.05) is 0 Å². The highest BCUT2D eigenvalue weighted by Gasteiger charge is 2.31. The van der Waals surface area contributed by atoms with Crippen LogP contribution in [-0.2, 0) is 10.0 Å². The second kappa shape index (κ2) is 5.47. The van der Waals surface area contributed by atoms with Crippen molar-refractivity contribution in [2.45, 2.75) is 23.8 Å². The molecule has 3 N–H and O–H groups in total. The Morgan fingerprint density at radius 3 is 2.38 bits per heavy atom. The van der Waals surface area contributed by atoms with E-state index in [9.17, 15) is 8.42 Å². The second-order valence-corrected chi connectivity index (χ2v) is 7.54. The molecule has 0 bridgehead atoms. The Morgan fingerprint density at radius 2 is 1.86 bits per heavy atom. The first-order chi connectivity index (χ1) is 10.0. The molecule has 21 heavy (non-hydrogen) atoms. The summed E-state index contributed by atoms with van der Waals surface area (Å²) in [7, 11) is -2.10. The largest absolute Gasteiger partial charge is 0.398 e. The average Bonchev–Trinajstić information content (AvgIpc) is 3.32. The van der Waals surface area contributed by atoms with Gasteiger partial charge in [0.05, 0.1) is 5.69 Å². The van der Waals surface area contributed by atoms with Gasteiger partial charge in [0.15, 0.2) is 0 Å². The molecule has 1 aliphatic carbocycles. The van der Waals surface area contributed by atoms with Crippen LogP contribution in [0.4, 0.5) is 11.4 Å². The number of benzene rings is 1. The van der Waals surface area contributed by atoms with Gasteiger partial charge in [-0.05, 0) is 38.1 Å². The zero-order valence-corrected chi connectivity index (χ0v) is 13.1. The van der Waals surface area contributed by atoms with Crippen molar-refractivity contribution in [3.8, 4) is 0 Å². The van der Waals surface area contributed by atoms with Crippen molar-refractivity contribution in [1.82, 2.24) is 9.62 Å². The van der Waals surface area contributed by atoms with Crippen LogP contribution in [0.5, 0.6) is 0 Å². The molecule has 0 spiro atoms. The van der Waals surface area contributed by atoms with E-state index < -0.39 is 10.0 Å². The molecule has 1 aliphatic heterocycles. The molecule has 1 saturated carbocycles. The molecule has 1 heterocycles. The summed E-state index contributed by atoms with van der Waals surface area (Å²) in [4.78, 5) is 4.95. The van der Waals surface area contributed by atoms with Gasteiger partial charge in [0, 0.05) is 37.9 Å². The number of hydrogen-bond acceptors (Lipinski definition) is 5. The number of nitrogens with one attached hydrogen (secondary N) is 1. The lowest BCUT2D eigenvalue weighted by atomic mass is 10.2. The maximum Gasteiger partial charge on any atom is 0.242 e. The Balaban J connectivity index is 1.73. The minimum absolute atomic E-state index is 0.144. The van der Waals surface area contributed by atoms with Crippen LogP contribution in [0.1, 0.15) is 12.8 Å². The Hall–Kier alpha value is -1.31. The number of sulfonamides is 1. The van der Waals surface area contributed by atoms with Crippen molar-refractivity contribution in [3.63, 3.8) is 0 Å². The summed E-state index contributed by atoms with van der Waals surface area (Å²) in [5, 5.41) is 0. The molecule has 0 radical (unpaired) electrons. The van der Waals surface area contributed by atoms with Crippen LogP contribution in [0.3, 0.4) is 0 Å². The van der Waals surface area contributed by atoms with Crippen molar-refractivity contribution in [2.24, 2.45) is 0 Å². The smallest absolute Gasteiger partial charge is 0.242 e. The quantitative estimate of drug-likeness (QED) is 0.790. The molecule has 3 rings (SSSR count). The van der Waals surface area contributed by atoms with Crippen molar-refractivity contribution >= 4 is 21.4 Å². The number of nitrogen functional groups attached to an aromatic ring is 1. The number of hydrogen-bond donors (Lipinski definition) is 2. The maximum atomic E-state index is 11.8. The van der Waals surface area contributed by atoms with E-state index >= 15 is 0 Å². The summed E-state index contributed by atoms with van der Waals surface area (Å²) < 4.78 is 25.9. The fourth-order valence-electron chi connectivity index (χ4n) is 2.87. The molecule has 2 fully saturated rings. The molecule has 7 heteroatoms. The van der Waals surface area contributed by atoms with Gasteiger partial charge in [-0.3, -0.25) is 4.90 Å². The summed E-state index contributed by atoms with van der Waals surface area (Å²) in [6.07, 6.45) is 2.67. The highest BCUT2D eigenvalue weighted by atomic mass is 32.2. The topological polar surface area (TPSA) is 78.7 Å². The zero-order valence-electron chi connectivity index (χ0n) is 12.2. The van der Waals surface area contributed by atoms with E-state index in [1.165, 1.54) is 19.9 Å². The Kier molecular flexibility index (Phi) is 3.81. The van der Waals surface area contributed by atoms with Crippen molar-refractivity contribution in [2.75, 3.05) is 43.9 Å². The summed E-state index contributed by atoms with van der Waals surface area (Å²) in [5.41, 5.74) is 7.21. The monoisotopic (exact) mass is 310 g/mol. The van der Waals surface area contributed by atoms with Gasteiger partial charge in [0.25, 0.3) is 0 Å². The van der Waals surface area contributed by atoms with Crippen molar-refractivity contribution in [3.05, 3.63) is 18.2 Å².